The second kappa shape index (κ2) is 14.8. The van der Waals surface area contributed by atoms with Gasteiger partial charge in [-0.15, -0.1) is 0 Å². The highest BCUT2D eigenvalue weighted by molar-refractivity contribution is 7.92. The summed E-state index contributed by atoms with van der Waals surface area (Å²) in [5.41, 5.74) is 2.57. The number of rotatable bonds is 15. The van der Waals surface area contributed by atoms with Crippen LogP contribution in [0.4, 0.5) is 5.69 Å². The Morgan fingerprint density at radius 3 is 2.05 bits per heavy atom. The molecule has 0 radical (unpaired) electrons. The molecule has 0 spiro atoms. The Morgan fingerprint density at radius 2 is 1.55 bits per heavy atom. The fourth-order valence-electron chi connectivity index (χ4n) is 4.19. The number of nitrogens with one attached hydrogen (secondary N) is 1. The molecule has 0 saturated carbocycles. The van der Waals surface area contributed by atoms with Gasteiger partial charge in [0.05, 0.1) is 19.1 Å². The van der Waals surface area contributed by atoms with Gasteiger partial charge in [-0.25, -0.2) is 8.42 Å². The van der Waals surface area contributed by atoms with E-state index in [1.54, 1.807) is 24.1 Å². The molecule has 0 aliphatic carbocycles. The van der Waals surface area contributed by atoms with Crippen LogP contribution in [-0.2, 0) is 32.6 Å². The minimum Gasteiger partial charge on any atom is -0.497 e. The first-order chi connectivity index (χ1) is 18.0. The largest absolute Gasteiger partial charge is 0.497 e. The standard InChI is InChI=1S/C29H43N3O5S/c1-7-22(4)30-29(34)27(9-3)31(21-24-14-18-26(37-5)19-15-24)28(33)11-10-20-32(38(6,35)36)25-16-12-23(8-2)13-17-25/h12-19,22,27H,7-11,20-21H2,1-6H3,(H,30,34)/t22-,27+/m0/s1. The van der Waals surface area contributed by atoms with Crippen LogP contribution in [0.15, 0.2) is 48.5 Å². The molecule has 0 aliphatic heterocycles. The lowest BCUT2D eigenvalue weighted by Crippen LogP contribution is -2.50. The quantitative estimate of drug-likeness (QED) is 0.355. The fraction of sp³-hybridized carbons (Fsp3) is 0.517. The number of anilines is 1. The van der Waals surface area contributed by atoms with Gasteiger partial charge in [-0.2, -0.15) is 0 Å². The molecule has 1 N–H and O–H groups in total. The van der Waals surface area contributed by atoms with Crippen molar-refractivity contribution in [3.8, 4) is 5.75 Å². The van der Waals surface area contributed by atoms with Crippen LogP contribution in [0, 0.1) is 0 Å². The van der Waals surface area contributed by atoms with E-state index in [2.05, 4.69) is 5.32 Å². The number of benzene rings is 2. The third-order valence-electron chi connectivity index (χ3n) is 6.68. The third kappa shape index (κ3) is 9.04. The molecule has 2 aromatic carbocycles. The fourth-order valence-corrected chi connectivity index (χ4v) is 5.16. The minimum atomic E-state index is -3.53. The predicted octanol–water partition coefficient (Wildman–Crippen LogP) is 4.53. The van der Waals surface area contributed by atoms with E-state index in [1.807, 2.05) is 64.1 Å². The van der Waals surface area contributed by atoms with Gasteiger partial charge in [-0.05, 0) is 68.0 Å². The summed E-state index contributed by atoms with van der Waals surface area (Å²) in [5.74, 6) is 0.334. The zero-order valence-electron chi connectivity index (χ0n) is 23.6. The summed E-state index contributed by atoms with van der Waals surface area (Å²) in [6.07, 6.45) is 3.72. The van der Waals surface area contributed by atoms with E-state index in [1.165, 1.54) is 10.6 Å². The van der Waals surface area contributed by atoms with E-state index >= 15 is 0 Å². The topological polar surface area (TPSA) is 96.0 Å². The average Bonchev–Trinajstić information content (AvgIpc) is 2.90. The number of carbonyl (C=O) groups is 2. The highest BCUT2D eigenvalue weighted by Gasteiger charge is 2.29. The van der Waals surface area contributed by atoms with Crippen molar-refractivity contribution in [2.45, 2.75) is 78.4 Å². The zero-order valence-corrected chi connectivity index (χ0v) is 24.4. The first-order valence-corrected chi connectivity index (χ1v) is 15.2. The molecule has 38 heavy (non-hydrogen) atoms. The highest BCUT2D eigenvalue weighted by atomic mass is 32.2. The van der Waals surface area contributed by atoms with Crippen LogP contribution >= 0.6 is 0 Å². The van der Waals surface area contributed by atoms with Gasteiger partial charge < -0.3 is 15.0 Å². The van der Waals surface area contributed by atoms with Gasteiger partial charge in [0.25, 0.3) is 0 Å². The summed E-state index contributed by atoms with van der Waals surface area (Å²) in [6.45, 7) is 8.30. The van der Waals surface area contributed by atoms with E-state index in [9.17, 15) is 18.0 Å². The Hall–Kier alpha value is -3.07. The molecule has 0 heterocycles. The second-order valence-electron chi connectivity index (χ2n) is 9.57. The number of aryl methyl sites for hydroxylation is 1. The van der Waals surface area contributed by atoms with Gasteiger partial charge in [0.1, 0.15) is 11.8 Å². The molecule has 0 saturated heterocycles. The van der Waals surface area contributed by atoms with Crippen molar-refractivity contribution in [1.29, 1.82) is 0 Å². The summed E-state index contributed by atoms with van der Waals surface area (Å²) in [6, 6.07) is 14.2. The Bertz CT molecular complexity index is 1130. The molecule has 2 rings (SSSR count). The zero-order chi connectivity index (χ0) is 28.3. The van der Waals surface area contributed by atoms with Gasteiger partial charge in [-0.1, -0.05) is 45.0 Å². The van der Waals surface area contributed by atoms with Gasteiger partial charge >= 0.3 is 0 Å². The maximum absolute atomic E-state index is 13.5. The first kappa shape index (κ1) is 31.1. The van der Waals surface area contributed by atoms with Crippen molar-refractivity contribution in [3.63, 3.8) is 0 Å². The predicted molar refractivity (Wildman–Crippen MR) is 153 cm³/mol. The Labute approximate surface area is 228 Å². The number of ether oxygens (including phenoxy) is 1. The molecule has 2 atom stereocenters. The number of carbonyl (C=O) groups excluding carboxylic acids is 2. The summed E-state index contributed by atoms with van der Waals surface area (Å²) in [5, 5.41) is 3.00. The monoisotopic (exact) mass is 545 g/mol. The maximum atomic E-state index is 13.5. The SMILES string of the molecule is CCc1ccc(N(CCCC(=O)N(Cc2ccc(OC)cc2)[C@H](CC)C(=O)N[C@@H](C)CC)S(C)(=O)=O)cc1. The lowest BCUT2D eigenvalue weighted by molar-refractivity contribution is -0.141. The normalized spacial score (nSPS) is 12.9. The van der Waals surface area contributed by atoms with Crippen molar-refractivity contribution >= 4 is 27.5 Å². The van der Waals surface area contributed by atoms with Gasteiger partial charge in [-0.3, -0.25) is 13.9 Å². The van der Waals surface area contributed by atoms with Crippen LogP contribution in [0.3, 0.4) is 0 Å². The van der Waals surface area contributed by atoms with Crippen molar-refractivity contribution in [1.82, 2.24) is 10.2 Å². The van der Waals surface area contributed by atoms with Gasteiger partial charge in [0, 0.05) is 25.6 Å². The van der Waals surface area contributed by atoms with Crippen LogP contribution in [0.2, 0.25) is 0 Å². The molecule has 2 aromatic rings. The van der Waals surface area contributed by atoms with Crippen LogP contribution in [0.5, 0.6) is 5.75 Å². The van der Waals surface area contributed by atoms with Crippen molar-refractivity contribution in [2.24, 2.45) is 0 Å². The number of nitrogens with zero attached hydrogens (tertiary/aromatic N) is 2. The molecule has 2 amide bonds. The summed E-state index contributed by atoms with van der Waals surface area (Å²) < 4.78 is 31.6. The lowest BCUT2D eigenvalue weighted by atomic mass is 10.1. The smallest absolute Gasteiger partial charge is 0.243 e. The number of amides is 2. The number of hydrogen-bond acceptors (Lipinski definition) is 5. The highest BCUT2D eigenvalue weighted by Crippen LogP contribution is 2.21. The lowest BCUT2D eigenvalue weighted by Gasteiger charge is -2.32. The molecular weight excluding hydrogens is 502 g/mol. The Balaban J connectivity index is 2.22. The molecule has 0 aromatic heterocycles. The maximum Gasteiger partial charge on any atom is 0.243 e. The van der Waals surface area contributed by atoms with Gasteiger partial charge in [0.2, 0.25) is 21.8 Å². The molecule has 0 unspecified atom stereocenters. The van der Waals surface area contributed by atoms with Crippen molar-refractivity contribution in [3.05, 3.63) is 59.7 Å². The number of sulfonamides is 1. The van der Waals surface area contributed by atoms with Crippen molar-refractivity contribution < 1.29 is 22.7 Å². The molecule has 0 fully saturated rings. The van der Waals surface area contributed by atoms with E-state index < -0.39 is 16.1 Å². The molecule has 0 bridgehead atoms. The van der Waals surface area contributed by atoms with Crippen LogP contribution < -0.4 is 14.4 Å². The summed E-state index contributed by atoms with van der Waals surface area (Å²) >= 11 is 0. The number of hydrogen-bond donors (Lipinski definition) is 1. The summed E-state index contributed by atoms with van der Waals surface area (Å²) in [4.78, 5) is 28.3. The molecule has 0 aliphatic rings. The number of methoxy groups -OCH3 is 1. The van der Waals surface area contributed by atoms with E-state index in [0.717, 1.165) is 24.0 Å². The summed E-state index contributed by atoms with van der Waals surface area (Å²) in [7, 11) is -1.94. The van der Waals surface area contributed by atoms with E-state index in [4.69, 9.17) is 4.74 Å². The van der Waals surface area contributed by atoms with Crippen LogP contribution in [0.1, 0.15) is 64.5 Å². The van der Waals surface area contributed by atoms with Gasteiger partial charge in [0.15, 0.2) is 0 Å². The van der Waals surface area contributed by atoms with Crippen LogP contribution in [0.25, 0.3) is 0 Å². The van der Waals surface area contributed by atoms with Crippen LogP contribution in [-0.4, -0.2) is 57.1 Å². The Morgan fingerprint density at radius 1 is 0.947 bits per heavy atom. The minimum absolute atomic E-state index is 0.00287. The molecular formula is C29H43N3O5S. The molecule has 9 heteroatoms. The average molecular weight is 546 g/mol. The molecule has 210 valence electrons. The second-order valence-corrected chi connectivity index (χ2v) is 11.5. The van der Waals surface area contributed by atoms with E-state index in [-0.39, 0.29) is 37.4 Å². The Kier molecular flexibility index (Phi) is 12.1. The van der Waals surface area contributed by atoms with Crippen molar-refractivity contribution in [2.75, 3.05) is 24.2 Å². The molecule has 8 nitrogen and oxygen atoms in total. The third-order valence-corrected chi connectivity index (χ3v) is 7.88. The first-order valence-electron chi connectivity index (χ1n) is 13.3. The van der Waals surface area contributed by atoms with E-state index in [0.29, 0.717) is 24.3 Å².